The van der Waals surface area contributed by atoms with E-state index in [-0.39, 0.29) is 17.1 Å². The van der Waals surface area contributed by atoms with Crippen LogP contribution < -0.4 is 15.8 Å². The van der Waals surface area contributed by atoms with Crippen molar-refractivity contribution < 1.29 is 9.53 Å². The van der Waals surface area contributed by atoms with Gasteiger partial charge in [-0.1, -0.05) is 36.0 Å². The lowest BCUT2D eigenvalue weighted by Gasteiger charge is -2.30. The number of amidine groups is 1. The van der Waals surface area contributed by atoms with Crippen LogP contribution in [0.15, 0.2) is 53.8 Å². The first kappa shape index (κ1) is 19.9. The Bertz CT molecular complexity index is 898. The molecule has 1 aromatic heterocycles. The van der Waals surface area contributed by atoms with E-state index in [4.69, 9.17) is 10.5 Å². The Morgan fingerprint density at radius 3 is 2.96 bits per heavy atom. The number of amides is 1. The molecule has 1 aromatic carbocycles. The van der Waals surface area contributed by atoms with Crippen molar-refractivity contribution >= 4 is 28.5 Å². The van der Waals surface area contributed by atoms with Crippen molar-refractivity contribution in [1.82, 2.24) is 9.97 Å². The number of nitrogens with two attached hydrogens (primary N) is 1. The summed E-state index contributed by atoms with van der Waals surface area (Å²) in [6.07, 6.45) is 7.46. The van der Waals surface area contributed by atoms with Gasteiger partial charge in [-0.15, -0.1) is 0 Å². The van der Waals surface area contributed by atoms with E-state index in [9.17, 15) is 4.79 Å². The van der Waals surface area contributed by atoms with Crippen molar-refractivity contribution in [2.45, 2.75) is 25.8 Å². The molecule has 0 spiro atoms. The normalized spacial score (nSPS) is 19.3. The summed E-state index contributed by atoms with van der Waals surface area (Å²) < 4.78 is 5.39. The van der Waals surface area contributed by atoms with E-state index in [2.05, 4.69) is 27.2 Å². The molecule has 2 heterocycles. The first-order valence-corrected chi connectivity index (χ1v) is 9.95. The van der Waals surface area contributed by atoms with Gasteiger partial charge in [0.15, 0.2) is 5.17 Å². The molecule has 7 nitrogen and oxygen atoms in total. The highest BCUT2D eigenvalue weighted by molar-refractivity contribution is 8.13. The standard InChI is InChI=1S/C20H23N5O2S/c1-3-4-9-27-17-13-22-16(12-23-17)18(26)24-15-7-5-6-14(11-15)20(2)8-10-28-19(21)25-20/h3-7,11-13H,8-10H2,1-2H3,(H2,21,25)(H,24,26)/b4-3+/t20-/m0/s1. The third-order valence-corrected chi connectivity index (χ3v) is 5.16. The maximum Gasteiger partial charge on any atom is 0.275 e. The van der Waals surface area contributed by atoms with Gasteiger partial charge in [-0.25, -0.2) is 9.97 Å². The highest BCUT2D eigenvalue weighted by Gasteiger charge is 2.29. The zero-order chi connectivity index (χ0) is 20.0. The Balaban J connectivity index is 1.70. The van der Waals surface area contributed by atoms with Crippen LogP contribution in [0.3, 0.4) is 0 Å². The quantitative estimate of drug-likeness (QED) is 0.725. The third kappa shape index (κ3) is 4.89. The van der Waals surface area contributed by atoms with Crippen molar-refractivity contribution in [3.05, 3.63) is 60.1 Å². The number of ether oxygens (including phenoxy) is 1. The van der Waals surface area contributed by atoms with Crippen LogP contribution in [0.4, 0.5) is 5.69 Å². The summed E-state index contributed by atoms with van der Waals surface area (Å²) in [5, 5.41) is 3.45. The number of carbonyl (C=O) groups is 1. The number of hydrogen-bond acceptors (Lipinski definition) is 7. The highest BCUT2D eigenvalue weighted by atomic mass is 32.2. The number of allylic oxidation sites excluding steroid dienone is 1. The summed E-state index contributed by atoms with van der Waals surface area (Å²) in [5.74, 6) is 0.952. The minimum absolute atomic E-state index is 0.214. The topological polar surface area (TPSA) is 102 Å². The lowest BCUT2D eigenvalue weighted by Crippen LogP contribution is -2.28. The van der Waals surface area contributed by atoms with Crippen LogP contribution >= 0.6 is 11.8 Å². The summed E-state index contributed by atoms with van der Waals surface area (Å²) in [7, 11) is 0. The molecule has 1 atom stereocenters. The van der Waals surface area contributed by atoms with Gasteiger partial charge in [0.2, 0.25) is 5.88 Å². The van der Waals surface area contributed by atoms with Gasteiger partial charge in [0.1, 0.15) is 12.3 Å². The van der Waals surface area contributed by atoms with Gasteiger partial charge in [0.05, 0.1) is 17.9 Å². The number of aliphatic imine (C=N–C) groups is 1. The number of carbonyl (C=O) groups excluding carboxylic acids is 1. The van der Waals surface area contributed by atoms with Crippen LogP contribution in [0.2, 0.25) is 0 Å². The van der Waals surface area contributed by atoms with Crippen molar-refractivity contribution in [3.8, 4) is 5.88 Å². The SMILES string of the molecule is C/C=C/COc1cnc(C(=O)Nc2cccc([C@]3(C)CCSC(N)=N3)c2)cn1. The third-order valence-electron chi connectivity index (χ3n) is 4.36. The fourth-order valence-corrected chi connectivity index (χ4v) is 3.73. The summed E-state index contributed by atoms with van der Waals surface area (Å²) in [4.78, 5) is 25.3. The van der Waals surface area contributed by atoms with Crippen LogP contribution in [-0.2, 0) is 5.54 Å². The van der Waals surface area contributed by atoms with E-state index in [1.54, 1.807) is 11.8 Å². The first-order chi connectivity index (χ1) is 13.5. The summed E-state index contributed by atoms with van der Waals surface area (Å²) in [6, 6.07) is 7.65. The Morgan fingerprint density at radius 2 is 2.25 bits per heavy atom. The maximum atomic E-state index is 12.5. The number of aromatic nitrogens is 2. The first-order valence-electron chi connectivity index (χ1n) is 8.96. The number of thioether (sulfide) groups is 1. The minimum Gasteiger partial charge on any atom is -0.472 e. The lowest BCUT2D eigenvalue weighted by atomic mass is 9.89. The smallest absolute Gasteiger partial charge is 0.275 e. The number of nitrogens with zero attached hydrogens (tertiary/aromatic N) is 3. The van der Waals surface area contributed by atoms with Crippen molar-refractivity contribution in [3.63, 3.8) is 0 Å². The molecule has 0 saturated heterocycles. The maximum absolute atomic E-state index is 12.5. The number of rotatable bonds is 6. The molecule has 28 heavy (non-hydrogen) atoms. The molecule has 0 radical (unpaired) electrons. The van der Waals surface area contributed by atoms with Crippen LogP contribution in [0.1, 0.15) is 36.3 Å². The van der Waals surface area contributed by atoms with E-state index in [0.29, 0.717) is 23.3 Å². The molecular weight excluding hydrogens is 374 g/mol. The molecule has 146 valence electrons. The fourth-order valence-electron chi connectivity index (χ4n) is 2.76. The second-order valence-electron chi connectivity index (χ2n) is 6.48. The molecule has 1 aliphatic rings. The Hall–Kier alpha value is -2.87. The van der Waals surface area contributed by atoms with Crippen LogP contribution in [0, 0.1) is 0 Å². The highest BCUT2D eigenvalue weighted by Crippen LogP contribution is 2.35. The van der Waals surface area contributed by atoms with Crippen molar-refractivity contribution in [1.29, 1.82) is 0 Å². The van der Waals surface area contributed by atoms with Gasteiger partial charge >= 0.3 is 0 Å². The van der Waals surface area contributed by atoms with Gasteiger partial charge in [0, 0.05) is 11.4 Å². The lowest BCUT2D eigenvalue weighted by molar-refractivity contribution is 0.102. The monoisotopic (exact) mass is 397 g/mol. The molecule has 1 aliphatic heterocycles. The second kappa shape index (κ2) is 8.88. The van der Waals surface area contributed by atoms with Crippen LogP contribution in [0.25, 0.3) is 0 Å². The predicted octanol–water partition coefficient (Wildman–Crippen LogP) is 3.35. The van der Waals surface area contributed by atoms with E-state index < -0.39 is 0 Å². The predicted molar refractivity (Wildman–Crippen MR) is 113 cm³/mol. The minimum atomic E-state index is -0.387. The summed E-state index contributed by atoms with van der Waals surface area (Å²) in [5.41, 5.74) is 7.41. The zero-order valence-corrected chi connectivity index (χ0v) is 16.7. The number of hydrogen-bond donors (Lipinski definition) is 2. The molecule has 1 amide bonds. The molecule has 0 fully saturated rings. The Kier molecular flexibility index (Phi) is 6.30. The largest absolute Gasteiger partial charge is 0.472 e. The average molecular weight is 398 g/mol. The van der Waals surface area contributed by atoms with Crippen molar-refractivity contribution in [2.24, 2.45) is 10.7 Å². The average Bonchev–Trinajstić information content (AvgIpc) is 2.69. The van der Waals surface area contributed by atoms with Crippen LogP contribution in [-0.4, -0.2) is 33.4 Å². The molecular formula is C20H23N5O2S. The molecule has 3 N–H and O–H groups in total. The number of anilines is 1. The molecule has 3 rings (SSSR count). The van der Waals surface area contributed by atoms with Gasteiger partial charge in [-0.3, -0.25) is 9.79 Å². The zero-order valence-electron chi connectivity index (χ0n) is 15.9. The Morgan fingerprint density at radius 1 is 1.39 bits per heavy atom. The molecule has 0 unspecified atom stereocenters. The van der Waals surface area contributed by atoms with Crippen LogP contribution in [0.5, 0.6) is 5.88 Å². The molecule has 2 aromatic rings. The molecule has 0 bridgehead atoms. The van der Waals surface area contributed by atoms with E-state index in [1.165, 1.54) is 12.4 Å². The van der Waals surface area contributed by atoms with E-state index in [1.807, 2.05) is 43.3 Å². The number of benzene rings is 1. The van der Waals surface area contributed by atoms with Crippen molar-refractivity contribution in [2.75, 3.05) is 17.7 Å². The van der Waals surface area contributed by atoms with Gasteiger partial charge in [-0.2, -0.15) is 0 Å². The molecule has 0 aliphatic carbocycles. The molecule has 8 heteroatoms. The molecule has 0 saturated carbocycles. The van der Waals surface area contributed by atoms with E-state index in [0.717, 1.165) is 17.7 Å². The second-order valence-corrected chi connectivity index (χ2v) is 7.59. The van der Waals surface area contributed by atoms with E-state index >= 15 is 0 Å². The fraction of sp³-hybridized carbons (Fsp3) is 0.300. The van der Waals surface area contributed by atoms with Gasteiger partial charge < -0.3 is 15.8 Å². The van der Waals surface area contributed by atoms with Gasteiger partial charge in [0.25, 0.3) is 5.91 Å². The van der Waals surface area contributed by atoms with Gasteiger partial charge in [-0.05, 0) is 38.0 Å². The summed E-state index contributed by atoms with van der Waals surface area (Å²) in [6.45, 7) is 4.37. The number of nitrogens with one attached hydrogen (secondary N) is 1. The Labute approximate surface area is 168 Å². The summed E-state index contributed by atoms with van der Waals surface area (Å²) >= 11 is 1.56.